The van der Waals surface area contributed by atoms with Gasteiger partial charge in [-0.2, -0.15) is 0 Å². The number of hydrogen-bond acceptors (Lipinski definition) is 4. The van der Waals surface area contributed by atoms with Crippen molar-refractivity contribution in [3.63, 3.8) is 0 Å². The van der Waals surface area contributed by atoms with E-state index in [0.717, 1.165) is 29.4 Å². The van der Waals surface area contributed by atoms with Crippen molar-refractivity contribution >= 4 is 33.9 Å². The zero-order valence-corrected chi connectivity index (χ0v) is 24.0. The number of carbonyl (C=O) groups is 4. The van der Waals surface area contributed by atoms with Gasteiger partial charge in [-0.25, -0.2) is 0 Å². The summed E-state index contributed by atoms with van der Waals surface area (Å²) in [6.45, 7) is 10.6. The third-order valence-electron chi connectivity index (χ3n) is 6.57. The Labute approximate surface area is 228 Å². The number of fused-ring (bicyclic) bond motifs is 1. The van der Waals surface area contributed by atoms with Crippen LogP contribution in [0.1, 0.15) is 101 Å². The minimum absolute atomic E-state index is 0.116. The molecule has 0 amide bonds. The molecule has 1 aliphatic carbocycles. The van der Waals surface area contributed by atoms with Crippen molar-refractivity contribution in [3.05, 3.63) is 83.9 Å². The lowest BCUT2D eigenvalue weighted by Crippen LogP contribution is -2.13. The zero-order valence-electron chi connectivity index (χ0n) is 24.0. The molecule has 4 nitrogen and oxygen atoms in total. The third kappa shape index (κ3) is 12.7. The van der Waals surface area contributed by atoms with Crippen molar-refractivity contribution in [1.29, 1.82) is 0 Å². The summed E-state index contributed by atoms with van der Waals surface area (Å²) < 4.78 is 0. The third-order valence-corrected chi connectivity index (χ3v) is 6.57. The average molecular weight is 517 g/mol. The molecular weight excluding hydrogens is 472 g/mol. The number of hydrogen-bond donors (Lipinski definition) is 0. The summed E-state index contributed by atoms with van der Waals surface area (Å²) >= 11 is 0. The Hall–Kier alpha value is -3.40. The number of carbonyl (C=O) groups excluding carboxylic acids is 4. The molecule has 3 aromatic rings. The average Bonchev–Trinajstić information content (AvgIpc) is 2.94. The van der Waals surface area contributed by atoms with Gasteiger partial charge in [0.2, 0.25) is 0 Å². The molecule has 0 aromatic heterocycles. The van der Waals surface area contributed by atoms with Crippen LogP contribution in [0.25, 0.3) is 10.8 Å². The van der Waals surface area contributed by atoms with Crippen LogP contribution in [-0.4, -0.2) is 23.1 Å². The molecular formula is C34H44O4. The van der Waals surface area contributed by atoms with Gasteiger partial charge in [-0.3, -0.25) is 19.2 Å². The molecule has 0 radical (unpaired) electrons. The SMILES string of the molecule is CC(=O)C(C)C.CC(=O)C1CCCCC1.CC(=O)c1ccc2ccccc2c1.CCC(=O)c1ccccc1. The monoisotopic (exact) mass is 516 g/mol. The van der Waals surface area contributed by atoms with Gasteiger partial charge in [0.25, 0.3) is 0 Å². The minimum Gasteiger partial charge on any atom is -0.300 e. The van der Waals surface area contributed by atoms with E-state index in [4.69, 9.17) is 0 Å². The lowest BCUT2D eigenvalue weighted by Gasteiger charge is -2.17. The Bertz CT molecular complexity index is 1160. The van der Waals surface area contributed by atoms with E-state index >= 15 is 0 Å². The summed E-state index contributed by atoms with van der Waals surface area (Å²) in [5.74, 6) is 1.61. The van der Waals surface area contributed by atoms with Gasteiger partial charge in [0.05, 0.1) is 0 Å². The van der Waals surface area contributed by atoms with Crippen molar-refractivity contribution in [1.82, 2.24) is 0 Å². The maximum absolute atomic E-state index is 11.1. The van der Waals surface area contributed by atoms with Crippen LogP contribution in [0.5, 0.6) is 0 Å². The van der Waals surface area contributed by atoms with Crippen LogP contribution in [0.3, 0.4) is 0 Å². The maximum Gasteiger partial charge on any atom is 0.162 e. The fourth-order valence-corrected chi connectivity index (χ4v) is 3.75. The molecule has 0 aliphatic heterocycles. The molecule has 38 heavy (non-hydrogen) atoms. The Morgan fingerprint density at radius 3 is 1.68 bits per heavy atom. The van der Waals surface area contributed by atoms with E-state index in [1.807, 2.05) is 93.6 Å². The first-order chi connectivity index (χ1) is 18.1. The van der Waals surface area contributed by atoms with Crippen LogP contribution in [-0.2, 0) is 9.59 Å². The van der Waals surface area contributed by atoms with Crippen molar-refractivity contribution in [2.24, 2.45) is 11.8 Å². The molecule has 0 spiro atoms. The van der Waals surface area contributed by atoms with E-state index in [2.05, 4.69) is 0 Å². The topological polar surface area (TPSA) is 68.3 Å². The van der Waals surface area contributed by atoms with Crippen LogP contribution in [0, 0.1) is 11.8 Å². The largest absolute Gasteiger partial charge is 0.300 e. The number of ketones is 4. The molecule has 204 valence electrons. The van der Waals surface area contributed by atoms with E-state index in [-0.39, 0.29) is 23.3 Å². The van der Waals surface area contributed by atoms with Crippen LogP contribution in [0.2, 0.25) is 0 Å². The van der Waals surface area contributed by atoms with E-state index in [9.17, 15) is 19.2 Å². The molecule has 0 N–H and O–H groups in total. The first-order valence-corrected chi connectivity index (χ1v) is 13.7. The highest BCUT2D eigenvalue weighted by Gasteiger charge is 2.16. The Balaban J connectivity index is 0.000000263. The van der Waals surface area contributed by atoms with Gasteiger partial charge in [0.1, 0.15) is 11.6 Å². The lowest BCUT2D eigenvalue weighted by atomic mass is 9.87. The Kier molecular flexibility index (Phi) is 15.4. The zero-order chi connectivity index (χ0) is 28.5. The molecule has 1 saturated carbocycles. The fourth-order valence-electron chi connectivity index (χ4n) is 3.75. The maximum atomic E-state index is 11.1. The van der Waals surface area contributed by atoms with Gasteiger partial charge in [0.15, 0.2) is 11.6 Å². The number of Topliss-reactive ketones (excluding diaryl/α,β-unsaturated/α-hetero) is 4. The van der Waals surface area contributed by atoms with E-state index in [0.29, 0.717) is 18.1 Å². The highest BCUT2D eigenvalue weighted by molar-refractivity contribution is 5.98. The highest BCUT2D eigenvalue weighted by Crippen LogP contribution is 2.23. The quantitative estimate of drug-likeness (QED) is 0.318. The number of rotatable bonds is 5. The molecule has 1 aliphatic rings. The lowest BCUT2D eigenvalue weighted by molar-refractivity contribution is -0.121. The highest BCUT2D eigenvalue weighted by atomic mass is 16.1. The molecule has 1 fully saturated rings. The molecule has 0 bridgehead atoms. The standard InChI is InChI=1S/C12H10O.C9H10O.C8H14O.C5H10O/c1-9(13)11-7-6-10-4-2-3-5-12(10)8-11;1-2-9(10)8-6-4-3-5-7-8;1-7(9)8-5-3-2-4-6-8;1-4(2)5(3)6/h2-8H,1H3;3-7H,2H2,1H3;8H,2-6H2,1H3;4H,1-3H3. The van der Waals surface area contributed by atoms with Crippen LogP contribution in [0.4, 0.5) is 0 Å². The van der Waals surface area contributed by atoms with Crippen LogP contribution >= 0.6 is 0 Å². The van der Waals surface area contributed by atoms with Gasteiger partial charge in [-0.05, 0) is 50.5 Å². The summed E-state index contributed by atoms with van der Waals surface area (Å²) in [4.78, 5) is 43.0. The summed E-state index contributed by atoms with van der Waals surface area (Å²) in [7, 11) is 0. The van der Waals surface area contributed by atoms with Crippen molar-refractivity contribution < 1.29 is 19.2 Å². The second-order valence-electron chi connectivity index (χ2n) is 9.97. The molecule has 3 aromatic carbocycles. The molecule has 0 heterocycles. The first-order valence-electron chi connectivity index (χ1n) is 13.7. The van der Waals surface area contributed by atoms with Crippen molar-refractivity contribution in [2.45, 2.75) is 80.1 Å². The second-order valence-corrected chi connectivity index (χ2v) is 9.97. The molecule has 0 atom stereocenters. The fraction of sp³-hybridized carbons (Fsp3) is 0.412. The van der Waals surface area contributed by atoms with Gasteiger partial charge in [-0.15, -0.1) is 0 Å². The summed E-state index contributed by atoms with van der Waals surface area (Å²) in [6.07, 6.45) is 6.76. The van der Waals surface area contributed by atoms with Gasteiger partial charge in [-0.1, -0.05) is 107 Å². The normalized spacial score (nSPS) is 12.6. The van der Waals surface area contributed by atoms with Crippen LogP contribution < -0.4 is 0 Å². The molecule has 0 saturated heterocycles. The number of benzene rings is 3. The summed E-state index contributed by atoms with van der Waals surface area (Å²) in [6, 6.07) is 23.1. The van der Waals surface area contributed by atoms with Gasteiger partial charge >= 0.3 is 0 Å². The predicted octanol–water partition coefficient (Wildman–Crippen LogP) is 8.71. The van der Waals surface area contributed by atoms with E-state index < -0.39 is 0 Å². The minimum atomic E-state index is 0.116. The Morgan fingerprint density at radius 1 is 0.711 bits per heavy atom. The van der Waals surface area contributed by atoms with Gasteiger partial charge in [0, 0.05) is 29.4 Å². The Morgan fingerprint density at radius 2 is 1.24 bits per heavy atom. The second kappa shape index (κ2) is 18.0. The van der Waals surface area contributed by atoms with Crippen molar-refractivity contribution in [2.75, 3.05) is 0 Å². The molecule has 4 heteroatoms. The smallest absolute Gasteiger partial charge is 0.162 e. The molecule has 4 rings (SSSR count). The van der Waals surface area contributed by atoms with E-state index in [1.54, 1.807) is 20.8 Å². The predicted molar refractivity (Wildman–Crippen MR) is 158 cm³/mol. The first kappa shape index (κ1) is 32.6. The van der Waals surface area contributed by atoms with Crippen molar-refractivity contribution in [3.8, 4) is 0 Å². The van der Waals surface area contributed by atoms with Crippen LogP contribution in [0.15, 0.2) is 72.8 Å². The summed E-state index contributed by atoms with van der Waals surface area (Å²) in [5, 5.41) is 2.29. The molecule has 0 unspecified atom stereocenters. The summed E-state index contributed by atoms with van der Waals surface area (Å²) in [5.41, 5.74) is 1.59. The van der Waals surface area contributed by atoms with E-state index in [1.165, 1.54) is 24.6 Å². The van der Waals surface area contributed by atoms with Gasteiger partial charge < -0.3 is 0 Å².